The number of hydrogen-bond acceptors (Lipinski definition) is 4. The van der Waals surface area contributed by atoms with Crippen LogP contribution in [0.3, 0.4) is 0 Å². The smallest absolute Gasteiger partial charge is 0.250 e. The van der Waals surface area contributed by atoms with Crippen molar-refractivity contribution in [2.75, 3.05) is 23.8 Å². The van der Waals surface area contributed by atoms with Gasteiger partial charge in [0.1, 0.15) is 0 Å². The first-order chi connectivity index (χ1) is 8.47. The highest BCUT2D eigenvalue weighted by atomic mass is 16.3. The fraction of sp³-hybridized carbons (Fsp3) is 0.462. The van der Waals surface area contributed by atoms with E-state index in [1.165, 1.54) is 0 Å². The van der Waals surface area contributed by atoms with Crippen molar-refractivity contribution in [1.82, 2.24) is 0 Å². The minimum absolute atomic E-state index is 0.140. The maximum absolute atomic E-state index is 11.3. The molecule has 0 saturated carbocycles. The number of primary amides is 1. The van der Waals surface area contributed by atoms with E-state index in [4.69, 9.17) is 16.6 Å². The van der Waals surface area contributed by atoms with Gasteiger partial charge in [-0.05, 0) is 38.5 Å². The molecule has 0 atom stereocenters. The van der Waals surface area contributed by atoms with Gasteiger partial charge in [-0.3, -0.25) is 4.79 Å². The third-order valence-corrected chi connectivity index (χ3v) is 2.81. The molecular formula is C13H21N3O2. The lowest BCUT2D eigenvalue weighted by Crippen LogP contribution is -2.32. The van der Waals surface area contributed by atoms with Crippen molar-refractivity contribution in [3.05, 3.63) is 23.8 Å². The van der Waals surface area contributed by atoms with E-state index in [2.05, 4.69) is 18.7 Å². The van der Waals surface area contributed by atoms with Crippen LogP contribution in [0.15, 0.2) is 18.2 Å². The number of anilines is 2. The second-order valence-corrected chi connectivity index (χ2v) is 4.50. The van der Waals surface area contributed by atoms with Crippen LogP contribution >= 0.6 is 0 Å². The molecule has 0 unspecified atom stereocenters. The van der Waals surface area contributed by atoms with Crippen molar-refractivity contribution in [1.29, 1.82) is 0 Å². The van der Waals surface area contributed by atoms with E-state index in [1.807, 2.05) is 6.07 Å². The third kappa shape index (κ3) is 3.37. The Hall–Kier alpha value is -1.75. The fourth-order valence-electron chi connectivity index (χ4n) is 1.86. The number of carbonyl (C=O) groups excluding carboxylic acids is 1. The first-order valence-corrected chi connectivity index (χ1v) is 6.04. The molecule has 0 fully saturated rings. The second kappa shape index (κ2) is 6.26. The van der Waals surface area contributed by atoms with E-state index in [9.17, 15) is 4.79 Å². The van der Waals surface area contributed by atoms with Crippen molar-refractivity contribution in [3.63, 3.8) is 0 Å². The predicted molar refractivity (Wildman–Crippen MR) is 73.6 cm³/mol. The summed E-state index contributed by atoms with van der Waals surface area (Å²) in [5.74, 6) is -0.528. The highest BCUT2D eigenvalue weighted by Crippen LogP contribution is 2.23. The Kier molecular flexibility index (Phi) is 4.97. The van der Waals surface area contributed by atoms with Gasteiger partial charge >= 0.3 is 0 Å². The first-order valence-electron chi connectivity index (χ1n) is 6.04. The van der Waals surface area contributed by atoms with Crippen LogP contribution in [0.2, 0.25) is 0 Å². The molecule has 18 heavy (non-hydrogen) atoms. The Morgan fingerprint density at radius 3 is 2.61 bits per heavy atom. The van der Waals surface area contributed by atoms with Gasteiger partial charge in [0.25, 0.3) is 5.91 Å². The van der Waals surface area contributed by atoms with Crippen LogP contribution in [0, 0.1) is 0 Å². The Bertz CT molecular complexity index is 419. The van der Waals surface area contributed by atoms with Crippen molar-refractivity contribution in [2.45, 2.75) is 26.3 Å². The Balaban J connectivity index is 3.05. The van der Waals surface area contributed by atoms with E-state index in [1.54, 1.807) is 12.1 Å². The van der Waals surface area contributed by atoms with Crippen molar-refractivity contribution < 1.29 is 9.90 Å². The summed E-state index contributed by atoms with van der Waals surface area (Å²) in [5, 5.41) is 8.91. The highest BCUT2D eigenvalue weighted by molar-refractivity contribution is 5.99. The first kappa shape index (κ1) is 14.3. The summed E-state index contributed by atoms with van der Waals surface area (Å²) in [6.07, 6.45) is 0.675. The van der Waals surface area contributed by atoms with Gasteiger partial charge in [0, 0.05) is 30.6 Å². The van der Waals surface area contributed by atoms with Crippen LogP contribution in [0.25, 0.3) is 0 Å². The largest absolute Gasteiger partial charge is 0.398 e. The molecule has 0 aliphatic carbocycles. The molecule has 1 rings (SSSR count). The molecule has 0 aliphatic heterocycles. The monoisotopic (exact) mass is 251 g/mol. The highest BCUT2D eigenvalue weighted by Gasteiger charge is 2.13. The Morgan fingerprint density at radius 2 is 2.11 bits per heavy atom. The van der Waals surface area contributed by atoms with E-state index >= 15 is 0 Å². The lowest BCUT2D eigenvalue weighted by atomic mass is 10.1. The summed E-state index contributed by atoms with van der Waals surface area (Å²) in [6.45, 7) is 4.96. The molecule has 1 aromatic carbocycles. The summed E-state index contributed by atoms with van der Waals surface area (Å²) in [4.78, 5) is 13.4. The number of nitrogen functional groups attached to an aromatic ring is 1. The molecule has 0 radical (unpaired) electrons. The number of hydrogen-bond donors (Lipinski definition) is 3. The van der Waals surface area contributed by atoms with Gasteiger partial charge in [0.15, 0.2) is 0 Å². The van der Waals surface area contributed by atoms with Crippen LogP contribution in [0.5, 0.6) is 0 Å². The van der Waals surface area contributed by atoms with Gasteiger partial charge in [-0.25, -0.2) is 0 Å². The van der Waals surface area contributed by atoms with Crippen LogP contribution in [0.1, 0.15) is 30.6 Å². The van der Waals surface area contributed by atoms with E-state index < -0.39 is 5.91 Å². The molecule has 1 amide bonds. The predicted octanol–water partition coefficient (Wildman–Crippen LogP) is 0.965. The number of amides is 1. The van der Waals surface area contributed by atoms with E-state index in [-0.39, 0.29) is 12.6 Å². The number of benzene rings is 1. The van der Waals surface area contributed by atoms with E-state index in [0.29, 0.717) is 17.7 Å². The molecule has 5 heteroatoms. The number of carbonyl (C=O) groups is 1. The number of aliphatic hydroxyl groups excluding tert-OH is 1. The number of nitrogens with zero attached hydrogens (tertiary/aromatic N) is 1. The van der Waals surface area contributed by atoms with Gasteiger partial charge in [-0.2, -0.15) is 0 Å². The zero-order valence-electron chi connectivity index (χ0n) is 10.9. The molecule has 5 nitrogen and oxygen atoms in total. The zero-order chi connectivity index (χ0) is 13.7. The molecule has 1 aromatic rings. The molecule has 0 heterocycles. The maximum atomic E-state index is 11.3. The third-order valence-electron chi connectivity index (χ3n) is 2.81. The molecule has 100 valence electrons. The van der Waals surface area contributed by atoms with Gasteiger partial charge in [-0.15, -0.1) is 0 Å². The van der Waals surface area contributed by atoms with E-state index in [0.717, 1.165) is 12.2 Å². The maximum Gasteiger partial charge on any atom is 0.250 e. The minimum Gasteiger partial charge on any atom is -0.398 e. The summed E-state index contributed by atoms with van der Waals surface area (Å²) in [6, 6.07) is 5.51. The number of aliphatic hydroxyl groups is 1. The molecule has 0 bridgehead atoms. The molecule has 0 aliphatic rings. The van der Waals surface area contributed by atoms with Crippen molar-refractivity contribution in [2.24, 2.45) is 5.73 Å². The molecular weight excluding hydrogens is 230 g/mol. The van der Waals surface area contributed by atoms with Crippen molar-refractivity contribution in [3.8, 4) is 0 Å². The van der Waals surface area contributed by atoms with Crippen LogP contribution in [-0.2, 0) is 0 Å². The number of rotatable bonds is 6. The van der Waals surface area contributed by atoms with Crippen LogP contribution in [0.4, 0.5) is 11.4 Å². The normalized spacial score (nSPS) is 10.7. The molecule has 0 saturated heterocycles. The summed E-state index contributed by atoms with van der Waals surface area (Å²) < 4.78 is 0. The van der Waals surface area contributed by atoms with Gasteiger partial charge < -0.3 is 21.5 Å². The fourth-order valence-corrected chi connectivity index (χ4v) is 1.86. The van der Waals surface area contributed by atoms with Crippen LogP contribution in [-0.4, -0.2) is 30.2 Å². The molecule has 5 N–H and O–H groups in total. The minimum atomic E-state index is -0.528. The number of nitrogens with two attached hydrogens (primary N) is 2. The zero-order valence-corrected chi connectivity index (χ0v) is 10.9. The quantitative estimate of drug-likeness (QED) is 0.657. The molecule has 0 spiro atoms. The lowest BCUT2D eigenvalue weighted by Gasteiger charge is -2.29. The standard InChI is InChI=1S/C13H21N3O2/c1-9(2)16(6-3-7-17)10-4-5-12(14)11(8-10)13(15)18/h4-5,8-9,17H,3,6-7,14H2,1-2H3,(H2,15,18). The van der Waals surface area contributed by atoms with Crippen molar-refractivity contribution >= 4 is 17.3 Å². The molecule has 0 aromatic heterocycles. The Labute approximate surface area is 107 Å². The van der Waals surface area contributed by atoms with Gasteiger partial charge in [0.2, 0.25) is 0 Å². The van der Waals surface area contributed by atoms with Gasteiger partial charge in [-0.1, -0.05) is 0 Å². The average Bonchev–Trinajstić information content (AvgIpc) is 2.30. The summed E-state index contributed by atoms with van der Waals surface area (Å²) >= 11 is 0. The summed E-state index contributed by atoms with van der Waals surface area (Å²) in [5.41, 5.74) is 12.6. The average molecular weight is 251 g/mol. The lowest BCUT2D eigenvalue weighted by molar-refractivity contribution is 0.100. The Morgan fingerprint density at radius 1 is 1.44 bits per heavy atom. The van der Waals surface area contributed by atoms with Gasteiger partial charge in [0.05, 0.1) is 5.56 Å². The second-order valence-electron chi connectivity index (χ2n) is 4.50. The SMILES string of the molecule is CC(C)N(CCCO)c1ccc(N)c(C(N)=O)c1. The summed E-state index contributed by atoms with van der Waals surface area (Å²) in [7, 11) is 0. The topological polar surface area (TPSA) is 92.6 Å². The van der Waals surface area contributed by atoms with Crippen LogP contribution < -0.4 is 16.4 Å².